The number of amides is 2. The Morgan fingerprint density at radius 3 is 2.38 bits per heavy atom. The first kappa shape index (κ1) is 22.4. The molecule has 4 atom stereocenters. The molecule has 4 rings (SSSR count). The Kier molecular flexibility index (Phi) is 6.26. The molecule has 1 heterocycles. The average Bonchev–Trinajstić information content (AvgIpc) is 3.42. The lowest BCUT2D eigenvalue weighted by atomic mass is 9.85. The van der Waals surface area contributed by atoms with Gasteiger partial charge in [-0.05, 0) is 51.5 Å². The van der Waals surface area contributed by atoms with Crippen LogP contribution >= 0.6 is 0 Å². The molecule has 4 unspecified atom stereocenters. The molecule has 172 valence electrons. The third kappa shape index (κ3) is 4.52. The quantitative estimate of drug-likeness (QED) is 0.225. The number of nitrogens with one attached hydrogen (secondary N) is 2. The van der Waals surface area contributed by atoms with E-state index in [0.717, 1.165) is 17.7 Å². The van der Waals surface area contributed by atoms with Gasteiger partial charge in [0.25, 0.3) is 0 Å². The molecule has 1 aromatic carbocycles. The van der Waals surface area contributed by atoms with Gasteiger partial charge in [-0.1, -0.05) is 30.4 Å². The van der Waals surface area contributed by atoms with E-state index < -0.39 is 0 Å². The highest BCUT2D eigenvalue weighted by atomic mass is 16.5. The number of hydrogen-bond donors (Lipinski definition) is 2. The Morgan fingerprint density at radius 1 is 1.09 bits per heavy atom. The van der Waals surface area contributed by atoms with Gasteiger partial charge in [-0.15, -0.1) is 0 Å². The zero-order valence-corrected chi connectivity index (χ0v) is 19.4. The molecule has 1 aromatic rings. The van der Waals surface area contributed by atoms with Crippen molar-refractivity contribution >= 4 is 17.8 Å². The van der Waals surface area contributed by atoms with Crippen molar-refractivity contribution in [2.45, 2.75) is 45.8 Å². The SMILES string of the molecule is CN=C(NCCCN1C(=O)C2C3C=CC(C3)C2C1=O)NCc1ccccc1OC(C)(C)C. The minimum absolute atomic E-state index is 0.0230. The first-order valence-electron chi connectivity index (χ1n) is 11.5. The van der Waals surface area contributed by atoms with Gasteiger partial charge in [-0.3, -0.25) is 19.5 Å². The number of imide groups is 1. The van der Waals surface area contributed by atoms with Gasteiger partial charge < -0.3 is 15.4 Å². The van der Waals surface area contributed by atoms with Crippen molar-refractivity contribution in [3.63, 3.8) is 0 Å². The Bertz CT molecular complexity index is 903. The molecule has 1 aliphatic heterocycles. The topological polar surface area (TPSA) is 83.0 Å². The molecule has 1 saturated carbocycles. The fourth-order valence-electron chi connectivity index (χ4n) is 5.11. The standard InChI is InChI=1S/C25H34N4O3/c1-25(2,3)32-19-9-6-5-8-18(19)15-28-24(26-4)27-12-7-13-29-22(30)20-16-10-11-17(14-16)21(20)23(29)31/h5-6,8-11,16-17,20-21H,7,12-15H2,1-4H3,(H2,26,27,28). The van der Waals surface area contributed by atoms with Crippen LogP contribution in [0.1, 0.15) is 39.2 Å². The molecular weight excluding hydrogens is 404 g/mol. The number of allylic oxidation sites excluding steroid dienone is 2. The first-order chi connectivity index (χ1) is 15.3. The van der Waals surface area contributed by atoms with Crippen LogP contribution in [0.15, 0.2) is 41.4 Å². The number of carbonyl (C=O) groups is 2. The van der Waals surface area contributed by atoms with Gasteiger partial charge in [-0.25, -0.2) is 0 Å². The zero-order chi connectivity index (χ0) is 22.9. The summed E-state index contributed by atoms with van der Waals surface area (Å²) in [5.74, 6) is 1.86. The smallest absolute Gasteiger partial charge is 0.233 e. The lowest BCUT2D eigenvalue weighted by molar-refractivity contribution is -0.140. The number of guanidine groups is 1. The van der Waals surface area contributed by atoms with Crippen LogP contribution in [0.3, 0.4) is 0 Å². The molecular formula is C25H34N4O3. The van der Waals surface area contributed by atoms with Crippen molar-refractivity contribution < 1.29 is 14.3 Å². The van der Waals surface area contributed by atoms with Crippen LogP contribution in [-0.2, 0) is 16.1 Å². The van der Waals surface area contributed by atoms with Gasteiger partial charge in [0.05, 0.1) is 11.8 Å². The minimum atomic E-state index is -0.269. The van der Waals surface area contributed by atoms with Crippen molar-refractivity contribution in [2.24, 2.45) is 28.7 Å². The third-order valence-electron chi connectivity index (χ3n) is 6.47. The monoisotopic (exact) mass is 438 g/mol. The van der Waals surface area contributed by atoms with Gasteiger partial charge in [0.2, 0.25) is 11.8 Å². The van der Waals surface area contributed by atoms with E-state index in [1.807, 2.05) is 45.0 Å². The normalized spacial score (nSPS) is 26.6. The predicted octanol–water partition coefficient (Wildman–Crippen LogP) is 2.73. The molecule has 2 amide bonds. The Morgan fingerprint density at radius 2 is 1.75 bits per heavy atom. The number of rotatable bonds is 7. The fourth-order valence-corrected chi connectivity index (χ4v) is 5.11. The van der Waals surface area contributed by atoms with E-state index in [1.165, 1.54) is 4.90 Å². The summed E-state index contributed by atoms with van der Waals surface area (Å²) in [4.78, 5) is 31.3. The highest BCUT2D eigenvalue weighted by Crippen LogP contribution is 2.52. The third-order valence-corrected chi connectivity index (χ3v) is 6.47. The van der Waals surface area contributed by atoms with E-state index in [9.17, 15) is 9.59 Å². The van der Waals surface area contributed by atoms with E-state index in [4.69, 9.17) is 4.74 Å². The molecule has 1 saturated heterocycles. The number of hydrogen-bond acceptors (Lipinski definition) is 4. The second-order valence-electron chi connectivity index (χ2n) is 9.86. The van der Waals surface area contributed by atoms with Crippen molar-refractivity contribution in [1.29, 1.82) is 0 Å². The Balaban J connectivity index is 1.23. The predicted molar refractivity (Wildman–Crippen MR) is 124 cm³/mol. The lowest BCUT2D eigenvalue weighted by Gasteiger charge is -2.23. The van der Waals surface area contributed by atoms with Crippen molar-refractivity contribution in [3.8, 4) is 5.75 Å². The van der Waals surface area contributed by atoms with Crippen LogP contribution < -0.4 is 15.4 Å². The van der Waals surface area contributed by atoms with Crippen molar-refractivity contribution in [3.05, 3.63) is 42.0 Å². The molecule has 32 heavy (non-hydrogen) atoms. The Hall–Kier alpha value is -2.83. The van der Waals surface area contributed by atoms with E-state index in [1.54, 1.807) is 7.05 Å². The summed E-state index contributed by atoms with van der Waals surface area (Å²) in [6.45, 7) is 7.74. The number of nitrogens with zero attached hydrogens (tertiary/aromatic N) is 2. The second kappa shape index (κ2) is 8.96. The van der Waals surface area contributed by atoms with Gasteiger partial charge in [0.15, 0.2) is 5.96 Å². The summed E-state index contributed by atoms with van der Waals surface area (Å²) >= 11 is 0. The Labute approximate surface area is 190 Å². The molecule has 7 nitrogen and oxygen atoms in total. The summed E-state index contributed by atoms with van der Waals surface area (Å²) < 4.78 is 6.05. The van der Waals surface area contributed by atoms with Crippen LogP contribution in [0.5, 0.6) is 5.75 Å². The van der Waals surface area contributed by atoms with Gasteiger partial charge >= 0.3 is 0 Å². The highest BCUT2D eigenvalue weighted by molar-refractivity contribution is 6.06. The van der Waals surface area contributed by atoms with Crippen LogP contribution in [0.2, 0.25) is 0 Å². The van der Waals surface area contributed by atoms with Crippen molar-refractivity contribution in [2.75, 3.05) is 20.1 Å². The number of likely N-dealkylation sites (tertiary alicyclic amines) is 1. The molecule has 0 spiro atoms. The molecule has 0 radical (unpaired) electrons. The van der Waals surface area contributed by atoms with E-state index in [0.29, 0.717) is 32.0 Å². The molecule has 2 fully saturated rings. The maximum Gasteiger partial charge on any atom is 0.233 e. The highest BCUT2D eigenvalue weighted by Gasteiger charge is 2.58. The number of aliphatic imine (C=N–C) groups is 1. The summed E-state index contributed by atoms with van der Waals surface area (Å²) in [5.41, 5.74) is 0.780. The number of ether oxygens (including phenoxy) is 1. The average molecular weight is 439 g/mol. The van der Waals surface area contributed by atoms with Gasteiger partial charge in [0.1, 0.15) is 11.4 Å². The molecule has 2 aliphatic carbocycles. The summed E-state index contributed by atoms with van der Waals surface area (Å²) in [6.07, 6.45) is 5.91. The van der Waals surface area contributed by atoms with Crippen LogP contribution in [0.4, 0.5) is 0 Å². The number of carbonyl (C=O) groups excluding carboxylic acids is 2. The van der Waals surface area contributed by atoms with E-state index in [-0.39, 0.29) is 41.1 Å². The van der Waals surface area contributed by atoms with Crippen molar-refractivity contribution in [1.82, 2.24) is 15.5 Å². The van der Waals surface area contributed by atoms with Crippen LogP contribution in [0, 0.1) is 23.7 Å². The molecule has 2 bridgehead atoms. The fraction of sp³-hybridized carbons (Fsp3) is 0.560. The maximum atomic E-state index is 12.8. The minimum Gasteiger partial charge on any atom is -0.488 e. The maximum absolute atomic E-state index is 12.8. The molecule has 7 heteroatoms. The lowest BCUT2D eigenvalue weighted by Crippen LogP contribution is -2.39. The molecule has 0 aromatic heterocycles. The van der Waals surface area contributed by atoms with Gasteiger partial charge in [0, 0.05) is 32.2 Å². The largest absolute Gasteiger partial charge is 0.488 e. The molecule has 2 N–H and O–H groups in total. The summed E-state index contributed by atoms with van der Waals surface area (Å²) in [5, 5.41) is 6.59. The molecule has 3 aliphatic rings. The van der Waals surface area contributed by atoms with E-state index in [2.05, 4.69) is 27.8 Å². The zero-order valence-electron chi connectivity index (χ0n) is 19.4. The summed E-state index contributed by atoms with van der Waals surface area (Å²) in [6, 6.07) is 7.96. The second-order valence-corrected chi connectivity index (χ2v) is 9.86. The number of benzene rings is 1. The first-order valence-corrected chi connectivity index (χ1v) is 11.5. The van der Waals surface area contributed by atoms with Crippen LogP contribution in [0.25, 0.3) is 0 Å². The van der Waals surface area contributed by atoms with Crippen LogP contribution in [-0.4, -0.2) is 48.4 Å². The van der Waals surface area contributed by atoms with E-state index >= 15 is 0 Å². The number of fused-ring (bicyclic) bond motifs is 5. The van der Waals surface area contributed by atoms with Gasteiger partial charge in [-0.2, -0.15) is 0 Å². The summed E-state index contributed by atoms with van der Waals surface area (Å²) in [7, 11) is 1.73. The number of para-hydroxylation sites is 1.